The molecule has 17 heavy (non-hydrogen) atoms. The first-order valence-electron chi connectivity index (χ1n) is 5.52. The Balaban J connectivity index is 1.65. The Morgan fingerprint density at radius 1 is 1.00 bits per heavy atom. The lowest BCUT2D eigenvalue weighted by molar-refractivity contribution is 0.0693. The Hall–Kier alpha value is 0.525. The van der Waals surface area contributed by atoms with Gasteiger partial charge in [0.2, 0.25) is 0 Å². The molecule has 0 aromatic carbocycles. The van der Waals surface area contributed by atoms with Gasteiger partial charge in [0, 0.05) is 13.1 Å². The van der Waals surface area contributed by atoms with Gasteiger partial charge in [0.15, 0.2) is 0 Å². The van der Waals surface area contributed by atoms with Gasteiger partial charge in [-0.3, -0.25) is 0 Å². The van der Waals surface area contributed by atoms with Gasteiger partial charge >= 0.3 is 0 Å². The largest absolute Gasteiger partial charge is 0.360 e. The highest BCUT2D eigenvalue weighted by Crippen LogP contribution is 2.12. The van der Waals surface area contributed by atoms with Crippen LogP contribution in [0.2, 0.25) is 0 Å². The quantitative estimate of drug-likeness (QED) is 0.381. The van der Waals surface area contributed by atoms with E-state index in [1.54, 1.807) is 0 Å². The first-order chi connectivity index (χ1) is 8.31. The van der Waals surface area contributed by atoms with E-state index >= 15 is 0 Å². The zero-order valence-corrected chi connectivity index (χ0v) is 11.3. The van der Waals surface area contributed by atoms with E-state index in [0.717, 1.165) is 20.6 Å². The van der Waals surface area contributed by atoms with E-state index in [9.17, 15) is 0 Å². The van der Waals surface area contributed by atoms with Gasteiger partial charge in [0.05, 0.1) is 38.9 Å². The van der Waals surface area contributed by atoms with Gasteiger partial charge in [-0.1, -0.05) is 0 Å². The monoisotopic (exact) mass is 280 g/mol. The maximum absolute atomic E-state index is 5.54. The molecular weight excluding hydrogens is 263 g/mol. The van der Waals surface area contributed by atoms with Crippen LogP contribution in [0, 0.1) is 0 Å². The molecule has 2 aliphatic heterocycles. The van der Waals surface area contributed by atoms with E-state index in [1.807, 2.05) is 0 Å². The SMILES string of the molecule is SOCC1CN(BN2COC(COS)C2)CO1. The second kappa shape index (κ2) is 7.20. The molecule has 0 N–H and O–H groups in total. The van der Waals surface area contributed by atoms with Crippen molar-refractivity contribution in [2.75, 3.05) is 39.8 Å². The van der Waals surface area contributed by atoms with Gasteiger partial charge in [-0.2, -0.15) is 0 Å². The fourth-order valence-corrected chi connectivity index (χ4v) is 2.39. The molecule has 98 valence electrons. The van der Waals surface area contributed by atoms with E-state index in [1.165, 1.54) is 0 Å². The molecule has 2 heterocycles. The fourth-order valence-electron chi connectivity index (χ4n) is 2.06. The fraction of sp³-hybridized carbons (Fsp3) is 1.00. The molecule has 0 aliphatic carbocycles. The van der Waals surface area contributed by atoms with Crippen molar-refractivity contribution in [3.63, 3.8) is 0 Å². The van der Waals surface area contributed by atoms with Crippen molar-refractivity contribution in [1.82, 2.24) is 9.62 Å². The van der Waals surface area contributed by atoms with Gasteiger partial charge in [0.1, 0.15) is 0 Å². The van der Waals surface area contributed by atoms with Gasteiger partial charge in [-0.25, -0.2) is 0 Å². The summed E-state index contributed by atoms with van der Waals surface area (Å²) in [5.41, 5.74) is 0. The summed E-state index contributed by atoms with van der Waals surface area (Å²) in [6.45, 7) is 4.03. The van der Waals surface area contributed by atoms with Crippen molar-refractivity contribution in [3.05, 3.63) is 0 Å². The van der Waals surface area contributed by atoms with E-state index < -0.39 is 0 Å². The molecule has 9 heteroatoms. The first-order valence-corrected chi connectivity index (χ1v) is 6.25. The number of rotatable bonds is 6. The molecular formula is C8H17BN2O4S2. The van der Waals surface area contributed by atoms with Crippen molar-refractivity contribution in [1.29, 1.82) is 0 Å². The number of hydrogen-bond acceptors (Lipinski definition) is 8. The van der Waals surface area contributed by atoms with Gasteiger partial charge in [-0.15, -0.1) is 0 Å². The second-order valence-corrected chi connectivity index (χ2v) is 4.79. The first kappa shape index (κ1) is 13.9. The highest BCUT2D eigenvalue weighted by molar-refractivity contribution is 7.75. The summed E-state index contributed by atoms with van der Waals surface area (Å²) in [5, 5.41) is 0. The van der Waals surface area contributed by atoms with Crippen LogP contribution in [0.1, 0.15) is 0 Å². The molecule has 0 spiro atoms. The van der Waals surface area contributed by atoms with Crippen molar-refractivity contribution in [2.45, 2.75) is 12.2 Å². The van der Waals surface area contributed by atoms with Crippen molar-refractivity contribution in [3.8, 4) is 0 Å². The van der Waals surface area contributed by atoms with E-state index in [4.69, 9.17) is 17.8 Å². The zero-order valence-electron chi connectivity index (χ0n) is 9.53. The van der Waals surface area contributed by atoms with Crippen LogP contribution >= 0.6 is 25.8 Å². The van der Waals surface area contributed by atoms with Crippen LogP contribution in [-0.4, -0.2) is 69.1 Å². The van der Waals surface area contributed by atoms with Gasteiger partial charge in [-0.05, 0) is 25.8 Å². The van der Waals surface area contributed by atoms with Gasteiger partial charge in [0.25, 0.3) is 7.55 Å². The molecule has 0 aromatic rings. The summed E-state index contributed by atoms with van der Waals surface area (Å²) < 4.78 is 20.6. The smallest absolute Gasteiger partial charge is 0.295 e. The molecule has 2 rings (SSSR count). The predicted molar refractivity (Wildman–Crippen MR) is 69.9 cm³/mol. The Kier molecular flexibility index (Phi) is 5.90. The highest BCUT2D eigenvalue weighted by atomic mass is 32.1. The minimum absolute atomic E-state index is 0.118. The molecule has 2 atom stereocenters. The molecule has 0 amide bonds. The molecule has 2 aliphatic rings. The summed E-state index contributed by atoms with van der Waals surface area (Å²) in [5.74, 6) is 0. The standard InChI is InChI=1S/C8H17BN2O4S2/c16-14-3-7-1-10(5-12-7)9-11-2-8(4-15-17)13-6-11/h7-9,16-17H,1-6H2. The Morgan fingerprint density at radius 3 is 1.88 bits per heavy atom. The van der Waals surface area contributed by atoms with E-state index in [0.29, 0.717) is 26.7 Å². The number of thiol groups is 2. The average molecular weight is 280 g/mol. The Bertz CT molecular complexity index is 220. The lowest BCUT2D eigenvalue weighted by atomic mass is 10.1. The predicted octanol–water partition coefficient (Wildman–Crippen LogP) is -0.708. The number of hydrogen-bond donors (Lipinski definition) is 2. The molecule has 0 saturated carbocycles. The molecule has 0 aromatic heterocycles. The van der Waals surface area contributed by atoms with E-state index in [2.05, 4.69) is 35.4 Å². The molecule has 2 unspecified atom stereocenters. The zero-order chi connectivity index (χ0) is 12.1. The Labute approximate surface area is 113 Å². The third-order valence-corrected chi connectivity index (χ3v) is 3.13. The summed E-state index contributed by atoms with van der Waals surface area (Å²) in [7, 11) is 0.839. The lowest BCUT2D eigenvalue weighted by Crippen LogP contribution is -2.40. The van der Waals surface area contributed by atoms with Crippen LogP contribution in [0.5, 0.6) is 0 Å². The maximum atomic E-state index is 5.54. The second-order valence-electron chi connectivity index (χ2n) is 4.28. The van der Waals surface area contributed by atoms with Crippen LogP contribution in [0.4, 0.5) is 0 Å². The highest BCUT2D eigenvalue weighted by Gasteiger charge is 2.29. The van der Waals surface area contributed by atoms with Crippen molar-refractivity contribution < 1.29 is 17.8 Å². The number of ether oxygens (including phenoxy) is 2. The van der Waals surface area contributed by atoms with Crippen LogP contribution in [0.15, 0.2) is 0 Å². The third kappa shape index (κ3) is 4.28. The molecule has 2 fully saturated rings. The summed E-state index contributed by atoms with van der Waals surface area (Å²) in [4.78, 5) is 4.43. The maximum Gasteiger partial charge on any atom is 0.295 e. The van der Waals surface area contributed by atoms with Crippen LogP contribution in [0.25, 0.3) is 0 Å². The summed E-state index contributed by atoms with van der Waals surface area (Å²) in [6.07, 6.45) is 0.236. The van der Waals surface area contributed by atoms with Crippen LogP contribution in [0.3, 0.4) is 0 Å². The molecule has 0 bridgehead atoms. The number of nitrogens with zero attached hydrogens (tertiary/aromatic N) is 2. The third-order valence-electron chi connectivity index (χ3n) is 2.83. The van der Waals surface area contributed by atoms with Crippen LogP contribution in [-0.2, 0) is 17.8 Å². The Morgan fingerprint density at radius 2 is 1.47 bits per heavy atom. The summed E-state index contributed by atoms with van der Waals surface area (Å²) >= 11 is 7.45. The summed E-state index contributed by atoms with van der Waals surface area (Å²) in [6, 6.07) is 0. The lowest BCUT2D eigenvalue weighted by Gasteiger charge is -2.18. The average Bonchev–Trinajstić information content (AvgIpc) is 2.91. The molecule has 0 radical (unpaired) electrons. The van der Waals surface area contributed by atoms with Crippen molar-refractivity contribution in [2.24, 2.45) is 0 Å². The van der Waals surface area contributed by atoms with Crippen LogP contribution < -0.4 is 0 Å². The molecule has 2 saturated heterocycles. The van der Waals surface area contributed by atoms with Gasteiger partial charge < -0.3 is 27.5 Å². The normalized spacial score (nSPS) is 31.2. The van der Waals surface area contributed by atoms with Crippen molar-refractivity contribution >= 4 is 33.4 Å². The van der Waals surface area contributed by atoms with E-state index in [-0.39, 0.29) is 12.2 Å². The minimum Gasteiger partial charge on any atom is -0.360 e. The molecule has 6 nitrogen and oxygen atoms in total. The topological polar surface area (TPSA) is 43.4 Å². The minimum atomic E-state index is 0.118.